The minimum atomic E-state index is -0.851. The number of hydrogen-bond acceptors (Lipinski definition) is 3. The molecule has 1 N–H and O–H groups in total. The highest BCUT2D eigenvalue weighted by atomic mass is 32.2. The van der Waals surface area contributed by atoms with E-state index in [1.54, 1.807) is 18.0 Å². The molecule has 3 atom stereocenters. The number of amides is 1. The maximum Gasteiger partial charge on any atom is 0.226 e. The Hall–Kier alpha value is -1.92. The summed E-state index contributed by atoms with van der Waals surface area (Å²) in [5.74, 6) is -1.35. The molecule has 1 aliphatic heterocycles. The lowest BCUT2D eigenvalue weighted by Gasteiger charge is -2.33. The summed E-state index contributed by atoms with van der Waals surface area (Å²) >= 11 is 1.60. The van der Waals surface area contributed by atoms with E-state index in [1.807, 2.05) is 35.4 Å². The van der Waals surface area contributed by atoms with Gasteiger partial charge in [0, 0.05) is 25.0 Å². The van der Waals surface area contributed by atoms with Crippen LogP contribution < -0.4 is 4.72 Å². The van der Waals surface area contributed by atoms with Crippen LogP contribution in [-0.4, -0.2) is 36.2 Å². The Bertz CT molecular complexity index is 873. The Morgan fingerprint density at radius 3 is 2.79 bits per heavy atom. The van der Waals surface area contributed by atoms with Gasteiger partial charge in [-0.15, -0.1) is 0 Å². The molecule has 4 rings (SSSR count). The Kier molecular flexibility index (Phi) is 5.69. The number of carbonyl (C=O) groups excluding carboxylic acids is 1. The van der Waals surface area contributed by atoms with Crippen molar-refractivity contribution in [1.82, 2.24) is 9.62 Å². The molecule has 1 saturated carbocycles. The summed E-state index contributed by atoms with van der Waals surface area (Å²) in [7, 11) is 0. The standard InChI is InChI=1S/C22H24F2N2OS/c1-28-25-15-5-4-10-26(13-15)22(27)19-12-18(19)17-7-3-2-6-16(17)14-8-9-20(23)21(24)11-14/h2-3,6-9,11,15,18-19,25H,4-5,10,12-13H2,1H3. The topological polar surface area (TPSA) is 32.3 Å². The van der Waals surface area contributed by atoms with E-state index < -0.39 is 11.6 Å². The molecule has 6 heteroatoms. The molecule has 2 aromatic rings. The van der Waals surface area contributed by atoms with E-state index in [0.717, 1.165) is 49.5 Å². The zero-order valence-corrected chi connectivity index (χ0v) is 16.6. The maximum atomic E-state index is 13.7. The molecule has 0 radical (unpaired) electrons. The zero-order valence-electron chi connectivity index (χ0n) is 15.8. The molecule has 3 nitrogen and oxygen atoms in total. The van der Waals surface area contributed by atoms with Crippen LogP contribution in [0.15, 0.2) is 42.5 Å². The second-order valence-corrected chi connectivity index (χ2v) is 8.25. The second-order valence-electron chi connectivity index (χ2n) is 7.61. The summed E-state index contributed by atoms with van der Waals surface area (Å²) < 4.78 is 30.4. The van der Waals surface area contributed by atoms with Crippen LogP contribution in [0.2, 0.25) is 0 Å². The van der Waals surface area contributed by atoms with Gasteiger partial charge < -0.3 is 4.90 Å². The largest absolute Gasteiger partial charge is 0.341 e. The highest BCUT2D eigenvalue weighted by Gasteiger charge is 2.47. The fourth-order valence-electron chi connectivity index (χ4n) is 4.23. The predicted octanol–water partition coefficient (Wildman–Crippen LogP) is 4.59. The summed E-state index contributed by atoms with van der Waals surface area (Å²) in [6, 6.07) is 12.1. The van der Waals surface area contributed by atoms with Crippen LogP contribution in [-0.2, 0) is 4.79 Å². The molecular weight excluding hydrogens is 378 g/mol. The van der Waals surface area contributed by atoms with Gasteiger partial charge in [0.1, 0.15) is 0 Å². The van der Waals surface area contributed by atoms with Crippen molar-refractivity contribution in [3.05, 3.63) is 59.7 Å². The number of likely N-dealkylation sites (tertiary alicyclic amines) is 1. The lowest BCUT2D eigenvalue weighted by Crippen LogP contribution is -2.46. The smallest absolute Gasteiger partial charge is 0.226 e. The van der Waals surface area contributed by atoms with Gasteiger partial charge in [-0.25, -0.2) is 8.78 Å². The van der Waals surface area contributed by atoms with Crippen molar-refractivity contribution in [2.45, 2.75) is 31.2 Å². The van der Waals surface area contributed by atoms with Crippen LogP contribution in [0, 0.1) is 17.6 Å². The summed E-state index contributed by atoms with van der Waals surface area (Å²) in [4.78, 5) is 15.0. The first-order chi connectivity index (χ1) is 13.6. The molecule has 0 aromatic heterocycles. The number of benzene rings is 2. The van der Waals surface area contributed by atoms with E-state index in [1.165, 1.54) is 6.07 Å². The van der Waals surface area contributed by atoms with Crippen molar-refractivity contribution in [2.75, 3.05) is 19.3 Å². The molecule has 0 spiro atoms. The average molecular weight is 403 g/mol. The number of rotatable bonds is 5. The van der Waals surface area contributed by atoms with Gasteiger partial charge in [0.15, 0.2) is 11.6 Å². The number of nitrogens with one attached hydrogen (secondary N) is 1. The van der Waals surface area contributed by atoms with Crippen LogP contribution in [0.25, 0.3) is 11.1 Å². The van der Waals surface area contributed by atoms with Gasteiger partial charge in [0.25, 0.3) is 0 Å². The Labute approximate surface area is 168 Å². The van der Waals surface area contributed by atoms with Gasteiger partial charge in [-0.2, -0.15) is 0 Å². The molecule has 1 heterocycles. The van der Waals surface area contributed by atoms with Crippen LogP contribution >= 0.6 is 11.9 Å². The van der Waals surface area contributed by atoms with E-state index in [9.17, 15) is 13.6 Å². The molecular formula is C22H24F2N2OS. The zero-order chi connectivity index (χ0) is 19.7. The Morgan fingerprint density at radius 2 is 2.00 bits per heavy atom. The van der Waals surface area contributed by atoms with Gasteiger partial charge in [0.2, 0.25) is 5.91 Å². The monoisotopic (exact) mass is 402 g/mol. The minimum Gasteiger partial charge on any atom is -0.341 e. The Balaban J connectivity index is 1.51. The number of carbonyl (C=O) groups is 1. The lowest BCUT2D eigenvalue weighted by atomic mass is 9.95. The normalized spacial score (nSPS) is 24.2. The van der Waals surface area contributed by atoms with Crippen LogP contribution in [0.5, 0.6) is 0 Å². The number of halogens is 2. The van der Waals surface area contributed by atoms with Crippen molar-refractivity contribution in [3.63, 3.8) is 0 Å². The van der Waals surface area contributed by atoms with Crippen molar-refractivity contribution >= 4 is 17.9 Å². The average Bonchev–Trinajstić information content (AvgIpc) is 3.51. The minimum absolute atomic E-state index is 0.0144. The quantitative estimate of drug-likeness (QED) is 0.743. The summed E-state index contributed by atoms with van der Waals surface area (Å²) in [5.41, 5.74) is 2.57. The van der Waals surface area contributed by atoms with Gasteiger partial charge in [-0.05, 0) is 60.3 Å². The molecule has 28 heavy (non-hydrogen) atoms. The SMILES string of the molecule is CSNC1CCCN(C(=O)C2CC2c2ccccc2-c2ccc(F)c(F)c2)C1. The molecule has 1 saturated heterocycles. The predicted molar refractivity (Wildman–Crippen MR) is 109 cm³/mol. The number of hydrogen-bond donors (Lipinski definition) is 1. The van der Waals surface area contributed by atoms with E-state index in [4.69, 9.17) is 0 Å². The summed E-state index contributed by atoms with van der Waals surface area (Å²) in [6.45, 7) is 1.58. The molecule has 1 amide bonds. The maximum absolute atomic E-state index is 13.7. The van der Waals surface area contributed by atoms with Crippen molar-refractivity contribution < 1.29 is 13.6 Å². The van der Waals surface area contributed by atoms with E-state index in [-0.39, 0.29) is 17.7 Å². The fraction of sp³-hybridized carbons (Fsp3) is 0.409. The highest BCUT2D eigenvalue weighted by molar-refractivity contribution is 7.96. The van der Waals surface area contributed by atoms with Crippen molar-refractivity contribution in [3.8, 4) is 11.1 Å². The van der Waals surface area contributed by atoms with Gasteiger partial charge in [-0.1, -0.05) is 42.3 Å². The third-order valence-electron chi connectivity index (χ3n) is 5.72. The number of nitrogens with zero attached hydrogens (tertiary/aromatic N) is 1. The van der Waals surface area contributed by atoms with Crippen LogP contribution in [0.1, 0.15) is 30.7 Å². The Morgan fingerprint density at radius 1 is 1.18 bits per heavy atom. The first-order valence-electron chi connectivity index (χ1n) is 9.70. The van der Waals surface area contributed by atoms with Gasteiger partial charge in [0.05, 0.1) is 0 Å². The lowest BCUT2D eigenvalue weighted by molar-refractivity contribution is -0.133. The number of piperidine rings is 1. The van der Waals surface area contributed by atoms with Crippen LogP contribution in [0.3, 0.4) is 0 Å². The molecule has 2 aliphatic rings. The summed E-state index contributed by atoms with van der Waals surface area (Å²) in [6.07, 6.45) is 4.94. The molecule has 148 valence electrons. The highest BCUT2D eigenvalue weighted by Crippen LogP contribution is 2.51. The third kappa shape index (κ3) is 3.94. The molecule has 0 bridgehead atoms. The van der Waals surface area contributed by atoms with Crippen molar-refractivity contribution in [2.24, 2.45) is 5.92 Å². The van der Waals surface area contributed by atoms with Gasteiger partial charge >= 0.3 is 0 Å². The first kappa shape index (κ1) is 19.4. The second kappa shape index (κ2) is 8.21. The van der Waals surface area contributed by atoms with Crippen molar-refractivity contribution in [1.29, 1.82) is 0 Å². The van der Waals surface area contributed by atoms with E-state index in [2.05, 4.69) is 4.72 Å². The van der Waals surface area contributed by atoms with Gasteiger partial charge in [-0.3, -0.25) is 9.52 Å². The third-order valence-corrected chi connectivity index (χ3v) is 6.29. The molecule has 2 fully saturated rings. The van der Waals surface area contributed by atoms with E-state index in [0.29, 0.717) is 11.6 Å². The molecule has 2 aromatic carbocycles. The summed E-state index contributed by atoms with van der Waals surface area (Å²) in [5, 5.41) is 0. The first-order valence-corrected chi connectivity index (χ1v) is 10.9. The van der Waals surface area contributed by atoms with Crippen LogP contribution in [0.4, 0.5) is 8.78 Å². The fourth-order valence-corrected chi connectivity index (χ4v) is 4.76. The molecule has 1 aliphatic carbocycles. The molecule has 3 unspecified atom stereocenters. The van der Waals surface area contributed by atoms with E-state index >= 15 is 0 Å².